The molecule has 0 aliphatic heterocycles. The van der Waals surface area contributed by atoms with Crippen molar-refractivity contribution < 1.29 is 4.74 Å². The summed E-state index contributed by atoms with van der Waals surface area (Å²) in [6.07, 6.45) is 7.04. The molecule has 0 fully saturated rings. The Morgan fingerprint density at radius 2 is 1.86 bits per heavy atom. The molecule has 0 bridgehead atoms. The molecule has 0 heterocycles. The van der Waals surface area contributed by atoms with Gasteiger partial charge in [0.1, 0.15) is 0 Å². The van der Waals surface area contributed by atoms with Crippen LogP contribution in [0.15, 0.2) is 0 Å². The first-order chi connectivity index (χ1) is 6.70. The monoisotopic (exact) mass is 201 g/mol. The van der Waals surface area contributed by atoms with E-state index in [0.29, 0.717) is 12.1 Å². The van der Waals surface area contributed by atoms with Gasteiger partial charge in [-0.3, -0.25) is 0 Å². The van der Waals surface area contributed by atoms with Crippen molar-refractivity contribution in [3.63, 3.8) is 0 Å². The number of rotatable bonds is 9. The Morgan fingerprint density at radius 1 is 1.14 bits per heavy atom. The highest BCUT2D eigenvalue weighted by Crippen LogP contribution is 2.05. The largest absolute Gasteiger partial charge is 0.380 e. The summed E-state index contributed by atoms with van der Waals surface area (Å²) in [4.78, 5) is 0. The van der Waals surface area contributed by atoms with E-state index in [4.69, 9.17) is 4.74 Å². The summed E-state index contributed by atoms with van der Waals surface area (Å²) in [6, 6.07) is 0.629. The van der Waals surface area contributed by atoms with Crippen LogP contribution in [-0.4, -0.2) is 25.8 Å². The summed E-state index contributed by atoms with van der Waals surface area (Å²) < 4.78 is 5.18. The van der Waals surface area contributed by atoms with Gasteiger partial charge in [0.25, 0.3) is 0 Å². The van der Waals surface area contributed by atoms with Crippen molar-refractivity contribution in [2.75, 3.05) is 13.7 Å². The van der Waals surface area contributed by atoms with Gasteiger partial charge in [0.15, 0.2) is 0 Å². The lowest BCUT2D eigenvalue weighted by molar-refractivity contribution is 0.114. The maximum Gasteiger partial charge on any atom is 0.0667 e. The molecule has 0 rings (SSSR count). The van der Waals surface area contributed by atoms with E-state index in [1.165, 1.54) is 32.1 Å². The molecule has 0 saturated carbocycles. The van der Waals surface area contributed by atoms with Crippen LogP contribution in [-0.2, 0) is 4.74 Å². The average molecular weight is 201 g/mol. The Kier molecular flexibility index (Phi) is 9.42. The van der Waals surface area contributed by atoms with Crippen molar-refractivity contribution >= 4 is 0 Å². The molecule has 0 aromatic heterocycles. The topological polar surface area (TPSA) is 21.3 Å². The third-order valence-corrected chi connectivity index (χ3v) is 2.65. The highest BCUT2D eigenvalue weighted by Gasteiger charge is 2.03. The molecule has 0 spiro atoms. The maximum absolute atomic E-state index is 5.18. The molecule has 0 aromatic carbocycles. The first-order valence-corrected chi connectivity index (χ1v) is 5.96. The standard InChI is InChI=1S/C12H27NO/c1-5-6-7-8-9-11(2)13-10-12(3)14-4/h11-13H,5-10H2,1-4H3. The minimum atomic E-state index is 0.327. The maximum atomic E-state index is 5.18. The van der Waals surface area contributed by atoms with Crippen LogP contribution in [0, 0.1) is 0 Å². The third kappa shape index (κ3) is 8.52. The Balaban J connectivity index is 3.23. The summed E-state index contributed by atoms with van der Waals surface area (Å²) in [5.41, 5.74) is 0. The van der Waals surface area contributed by atoms with Crippen LogP contribution in [0.25, 0.3) is 0 Å². The van der Waals surface area contributed by atoms with Gasteiger partial charge in [-0.2, -0.15) is 0 Å². The van der Waals surface area contributed by atoms with E-state index in [0.717, 1.165) is 6.54 Å². The SMILES string of the molecule is CCCCCCC(C)NCC(C)OC. The van der Waals surface area contributed by atoms with Crippen LogP contribution in [0.3, 0.4) is 0 Å². The molecule has 2 atom stereocenters. The highest BCUT2D eigenvalue weighted by molar-refractivity contribution is 4.63. The molecule has 0 amide bonds. The Hall–Kier alpha value is -0.0800. The van der Waals surface area contributed by atoms with Gasteiger partial charge in [-0.05, 0) is 20.3 Å². The second kappa shape index (κ2) is 9.47. The van der Waals surface area contributed by atoms with E-state index in [1.54, 1.807) is 7.11 Å². The van der Waals surface area contributed by atoms with Gasteiger partial charge < -0.3 is 10.1 Å². The molecule has 0 aliphatic carbocycles. The zero-order valence-electron chi connectivity index (χ0n) is 10.3. The second-order valence-corrected chi connectivity index (χ2v) is 4.20. The lowest BCUT2D eigenvalue weighted by atomic mass is 10.1. The summed E-state index contributed by atoms with van der Waals surface area (Å²) in [6.45, 7) is 7.57. The molecule has 0 saturated heterocycles. The zero-order chi connectivity index (χ0) is 10.8. The van der Waals surface area contributed by atoms with Crippen LogP contribution in [0.4, 0.5) is 0 Å². The molecule has 14 heavy (non-hydrogen) atoms. The van der Waals surface area contributed by atoms with Crippen LogP contribution in [0.5, 0.6) is 0 Å². The van der Waals surface area contributed by atoms with Crippen molar-refractivity contribution in [1.82, 2.24) is 5.32 Å². The molecular weight excluding hydrogens is 174 g/mol. The van der Waals surface area contributed by atoms with Gasteiger partial charge >= 0.3 is 0 Å². The van der Waals surface area contributed by atoms with Gasteiger partial charge in [-0.1, -0.05) is 32.6 Å². The van der Waals surface area contributed by atoms with Gasteiger partial charge in [-0.25, -0.2) is 0 Å². The highest BCUT2D eigenvalue weighted by atomic mass is 16.5. The van der Waals surface area contributed by atoms with E-state index in [2.05, 4.69) is 26.1 Å². The van der Waals surface area contributed by atoms with Crippen LogP contribution < -0.4 is 5.32 Å². The van der Waals surface area contributed by atoms with Crippen molar-refractivity contribution in [3.05, 3.63) is 0 Å². The second-order valence-electron chi connectivity index (χ2n) is 4.20. The van der Waals surface area contributed by atoms with E-state index in [1.807, 2.05) is 0 Å². The third-order valence-electron chi connectivity index (χ3n) is 2.65. The van der Waals surface area contributed by atoms with Crippen LogP contribution >= 0.6 is 0 Å². The normalized spacial score (nSPS) is 15.4. The smallest absolute Gasteiger partial charge is 0.0667 e. The molecule has 0 aliphatic rings. The zero-order valence-corrected chi connectivity index (χ0v) is 10.3. The van der Waals surface area contributed by atoms with Crippen LogP contribution in [0.1, 0.15) is 52.9 Å². The summed E-state index contributed by atoms with van der Waals surface area (Å²) in [5, 5.41) is 3.49. The fourth-order valence-corrected chi connectivity index (χ4v) is 1.43. The number of nitrogens with one attached hydrogen (secondary N) is 1. The molecule has 0 aromatic rings. The van der Waals surface area contributed by atoms with Crippen molar-refractivity contribution in [1.29, 1.82) is 0 Å². The molecule has 2 heteroatoms. The number of methoxy groups -OCH3 is 1. The predicted octanol–water partition coefficient (Wildman–Crippen LogP) is 2.97. The molecular formula is C12H27NO. The van der Waals surface area contributed by atoms with E-state index >= 15 is 0 Å². The molecule has 1 N–H and O–H groups in total. The van der Waals surface area contributed by atoms with Gasteiger partial charge in [-0.15, -0.1) is 0 Å². The van der Waals surface area contributed by atoms with Crippen molar-refractivity contribution in [2.45, 2.75) is 65.0 Å². The summed E-state index contributed by atoms with van der Waals surface area (Å²) in [5.74, 6) is 0. The van der Waals surface area contributed by atoms with E-state index in [9.17, 15) is 0 Å². The quantitative estimate of drug-likeness (QED) is 0.579. The molecule has 2 unspecified atom stereocenters. The number of hydrogen-bond donors (Lipinski definition) is 1. The number of ether oxygens (including phenoxy) is 1. The predicted molar refractivity (Wildman–Crippen MR) is 62.7 cm³/mol. The number of unbranched alkanes of at least 4 members (excludes halogenated alkanes) is 3. The lowest BCUT2D eigenvalue weighted by Gasteiger charge is -2.16. The lowest BCUT2D eigenvalue weighted by Crippen LogP contribution is -2.33. The molecule has 0 radical (unpaired) electrons. The van der Waals surface area contributed by atoms with Gasteiger partial charge in [0.05, 0.1) is 6.10 Å². The first kappa shape index (κ1) is 13.9. The Bertz CT molecular complexity index is 117. The first-order valence-electron chi connectivity index (χ1n) is 5.96. The van der Waals surface area contributed by atoms with E-state index < -0.39 is 0 Å². The summed E-state index contributed by atoms with van der Waals surface area (Å²) >= 11 is 0. The van der Waals surface area contributed by atoms with Gasteiger partial charge in [0.2, 0.25) is 0 Å². The van der Waals surface area contributed by atoms with Gasteiger partial charge in [0, 0.05) is 19.7 Å². The Morgan fingerprint density at radius 3 is 2.43 bits per heavy atom. The minimum Gasteiger partial charge on any atom is -0.380 e. The average Bonchev–Trinajstić information content (AvgIpc) is 2.21. The van der Waals surface area contributed by atoms with Crippen molar-refractivity contribution in [3.8, 4) is 0 Å². The fraction of sp³-hybridized carbons (Fsp3) is 1.00. The number of hydrogen-bond acceptors (Lipinski definition) is 2. The summed E-state index contributed by atoms with van der Waals surface area (Å²) in [7, 11) is 1.76. The van der Waals surface area contributed by atoms with Crippen LogP contribution in [0.2, 0.25) is 0 Å². The van der Waals surface area contributed by atoms with Crippen molar-refractivity contribution in [2.24, 2.45) is 0 Å². The fourth-order valence-electron chi connectivity index (χ4n) is 1.43. The molecule has 86 valence electrons. The Labute approximate surface area is 89.4 Å². The van der Waals surface area contributed by atoms with E-state index in [-0.39, 0.29) is 0 Å². The minimum absolute atomic E-state index is 0.327. The molecule has 2 nitrogen and oxygen atoms in total.